The van der Waals surface area contributed by atoms with Gasteiger partial charge in [-0.05, 0) is 38.0 Å². The van der Waals surface area contributed by atoms with Crippen molar-refractivity contribution in [2.24, 2.45) is 0 Å². The monoisotopic (exact) mass is 325 g/mol. The molecule has 1 aliphatic heterocycles. The average molecular weight is 325 g/mol. The summed E-state index contributed by atoms with van der Waals surface area (Å²) in [5.74, 6) is 0.482. The summed E-state index contributed by atoms with van der Waals surface area (Å²) in [6.07, 6.45) is 3.54. The summed E-state index contributed by atoms with van der Waals surface area (Å²) < 4.78 is 13.8. The standard InChI is InChI=1S/C18H20FN5/c1-13-9-18(22-12-21-13)23(2)15-5-7-24(8-6-15)16-4-3-14(11-20)17(19)10-16/h3-4,9-10,12,15H,5-8H2,1-2H3. The molecule has 124 valence electrons. The lowest BCUT2D eigenvalue weighted by molar-refractivity contribution is 0.479. The maximum atomic E-state index is 13.8. The second-order valence-electron chi connectivity index (χ2n) is 6.12. The van der Waals surface area contributed by atoms with E-state index in [0.717, 1.165) is 43.1 Å². The van der Waals surface area contributed by atoms with Crippen LogP contribution in [0.25, 0.3) is 0 Å². The van der Waals surface area contributed by atoms with Crippen LogP contribution in [0, 0.1) is 24.1 Å². The second kappa shape index (κ2) is 6.83. The number of hydrogen-bond donors (Lipinski definition) is 0. The molecule has 1 aliphatic rings. The van der Waals surface area contributed by atoms with Crippen LogP contribution in [0.3, 0.4) is 0 Å². The van der Waals surface area contributed by atoms with E-state index in [-0.39, 0.29) is 5.56 Å². The quantitative estimate of drug-likeness (QED) is 0.868. The van der Waals surface area contributed by atoms with Crippen molar-refractivity contribution in [1.29, 1.82) is 5.26 Å². The van der Waals surface area contributed by atoms with Crippen LogP contribution in [0.5, 0.6) is 0 Å². The van der Waals surface area contributed by atoms with Crippen molar-refractivity contribution in [1.82, 2.24) is 9.97 Å². The van der Waals surface area contributed by atoms with E-state index in [9.17, 15) is 4.39 Å². The molecule has 0 radical (unpaired) electrons. The van der Waals surface area contributed by atoms with Gasteiger partial charge in [0.05, 0.1) is 5.56 Å². The maximum Gasteiger partial charge on any atom is 0.143 e. The van der Waals surface area contributed by atoms with Crippen LogP contribution in [0.2, 0.25) is 0 Å². The number of nitriles is 1. The minimum absolute atomic E-state index is 0.0903. The van der Waals surface area contributed by atoms with Gasteiger partial charge in [0.1, 0.15) is 24.0 Å². The summed E-state index contributed by atoms with van der Waals surface area (Å²) in [6, 6.07) is 9.07. The SMILES string of the molecule is Cc1cc(N(C)C2CCN(c3ccc(C#N)c(F)c3)CC2)ncn1. The van der Waals surface area contributed by atoms with Crippen molar-refractivity contribution < 1.29 is 4.39 Å². The molecule has 1 aromatic carbocycles. The third-order valence-electron chi connectivity index (χ3n) is 4.60. The summed E-state index contributed by atoms with van der Waals surface area (Å²) in [5, 5.41) is 8.82. The number of anilines is 2. The Balaban J connectivity index is 1.65. The molecule has 1 aromatic heterocycles. The predicted octanol–water partition coefficient (Wildman–Crippen LogP) is 2.90. The van der Waals surface area contributed by atoms with Gasteiger partial charge in [-0.3, -0.25) is 0 Å². The van der Waals surface area contributed by atoms with Gasteiger partial charge in [0.2, 0.25) is 0 Å². The number of aryl methyl sites for hydroxylation is 1. The van der Waals surface area contributed by atoms with Crippen LogP contribution in [-0.2, 0) is 0 Å². The van der Waals surface area contributed by atoms with Gasteiger partial charge < -0.3 is 9.80 Å². The van der Waals surface area contributed by atoms with Crippen LogP contribution in [0.15, 0.2) is 30.6 Å². The van der Waals surface area contributed by atoms with Gasteiger partial charge in [0.15, 0.2) is 0 Å². The first-order valence-corrected chi connectivity index (χ1v) is 8.04. The topological polar surface area (TPSA) is 56.0 Å². The molecule has 3 rings (SSSR count). The zero-order chi connectivity index (χ0) is 17.1. The van der Waals surface area contributed by atoms with Crippen molar-refractivity contribution in [2.45, 2.75) is 25.8 Å². The van der Waals surface area contributed by atoms with Crippen LogP contribution in [0.4, 0.5) is 15.9 Å². The predicted molar refractivity (Wildman–Crippen MR) is 91.5 cm³/mol. The van der Waals surface area contributed by atoms with E-state index in [4.69, 9.17) is 5.26 Å². The number of aromatic nitrogens is 2. The van der Waals surface area contributed by atoms with E-state index in [2.05, 4.69) is 26.8 Å². The van der Waals surface area contributed by atoms with Crippen LogP contribution in [-0.4, -0.2) is 36.1 Å². The first-order chi connectivity index (χ1) is 11.6. The summed E-state index contributed by atoms with van der Waals surface area (Å²) in [6.45, 7) is 3.66. The fourth-order valence-electron chi connectivity index (χ4n) is 3.12. The summed E-state index contributed by atoms with van der Waals surface area (Å²) >= 11 is 0. The summed E-state index contributed by atoms with van der Waals surface area (Å²) in [7, 11) is 2.06. The van der Waals surface area contributed by atoms with Gasteiger partial charge in [-0.15, -0.1) is 0 Å². The highest BCUT2D eigenvalue weighted by atomic mass is 19.1. The van der Waals surface area contributed by atoms with E-state index in [0.29, 0.717) is 6.04 Å². The van der Waals surface area contributed by atoms with Crippen molar-refractivity contribution in [3.05, 3.63) is 47.7 Å². The first-order valence-electron chi connectivity index (χ1n) is 8.04. The molecular formula is C18H20FN5. The van der Waals surface area contributed by atoms with Gasteiger partial charge in [-0.25, -0.2) is 14.4 Å². The Labute approximate surface area is 141 Å². The molecule has 0 spiro atoms. The second-order valence-corrected chi connectivity index (χ2v) is 6.12. The largest absolute Gasteiger partial charge is 0.371 e. The summed E-state index contributed by atoms with van der Waals surface area (Å²) in [4.78, 5) is 12.8. The molecule has 1 fully saturated rings. The summed E-state index contributed by atoms with van der Waals surface area (Å²) in [5.41, 5.74) is 1.88. The number of hydrogen-bond acceptors (Lipinski definition) is 5. The fourth-order valence-corrected chi connectivity index (χ4v) is 3.12. The Morgan fingerprint density at radius 3 is 2.62 bits per heavy atom. The van der Waals surface area contributed by atoms with E-state index < -0.39 is 5.82 Å². The fraction of sp³-hybridized carbons (Fsp3) is 0.389. The number of halogens is 1. The molecule has 2 aromatic rings. The van der Waals surface area contributed by atoms with Gasteiger partial charge in [-0.1, -0.05) is 0 Å². The van der Waals surface area contributed by atoms with E-state index >= 15 is 0 Å². The van der Waals surface area contributed by atoms with Gasteiger partial charge >= 0.3 is 0 Å². The Morgan fingerprint density at radius 2 is 2.00 bits per heavy atom. The molecule has 5 nitrogen and oxygen atoms in total. The third kappa shape index (κ3) is 3.30. The molecule has 0 saturated carbocycles. The normalized spacial score (nSPS) is 15.2. The van der Waals surface area contributed by atoms with Crippen molar-refractivity contribution in [3.8, 4) is 6.07 Å². The van der Waals surface area contributed by atoms with Gasteiger partial charge in [0.25, 0.3) is 0 Å². The molecule has 0 aliphatic carbocycles. The molecule has 0 amide bonds. The molecular weight excluding hydrogens is 305 g/mol. The smallest absolute Gasteiger partial charge is 0.143 e. The van der Waals surface area contributed by atoms with Crippen molar-refractivity contribution in [3.63, 3.8) is 0 Å². The zero-order valence-corrected chi connectivity index (χ0v) is 13.9. The lowest BCUT2D eigenvalue weighted by atomic mass is 10.0. The number of rotatable bonds is 3. The highest BCUT2D eigenvalue weighted by Crippen LogP contribution is 2.25. The minimum Gasteiger partial charge on any atom is -0.371 e. The number of piperidine rings is 1. The Bertz CT molecular complexity index is 762. The van der Waals surface area contributed by atoms with Crippen LogP contribution >= 0.6 is 0 Å². The van der Waals surface area contributed by atoms with E-state index in [1.54, 1.807) is 12.4 Å². The molecule has 0 atom stereocenters. The molecule has 0 unspecified atom stereocenters. The molecule has 24 heavy (non-hydrogen) atoms. The molecule has 2 heterocycles. The minimum atomic E-state index is -0.453. The van der Waals surface area contributed by atoms with Crippen LogP contribution < -0.4 is 9.80 Å². The average Bonchev–Trinajstić information content (AvgIpc) is 2.61. The Kier molecular flexibility index (Phi) is 4.61. The Hall–Kier alpha value is -2.68. The Morgan fingerprint density at radius 1 is 1.25 bits per heavy atom. The molecule has 0 N–H and O–H groups in total. The van der Waals surface area contributed by atoms with Gasteiger partial charge in [0, 0.05) is 43.6 Å². The lowest BCUT2D eigenvalue weighted by Gasteiger charge is -2.38. The maximum absolute atomic E-state index is 13.8. The molecule has 0 bridgehead atoms. The number of benzene rings is 1. The lowest BCUT2D eigenvalue weighted by Crippen LogP contribution is -2.43. The highest BCUT2D eigenvalue weighted by molar-refractivity contribution is 5.51. The first kappa shape index (κ1) is 16.2. The third-order valence-corrected chi connectivity index (χ3v) is 4.60. The van der Waals surface area contributed by atoms with E-state index in [1.807, 2.05) is 25.1 Å². The highest BCUT2D eigenvalue weighted by Gasteiger charge is 2.24. The zero-order valence-electron chi connectivity index (χ0n) is 13.9. The molecule has 6 heteroatoms. The van der Waals surface area contributed by atoms with Crippen LogP contribution in [0.1, 0.15) is 24.1 Å². The van der Waals surface area contributed by atoms with Gasteiger partial charge in [-0.2, -0.15) is 5.26 Å². The van der Waals surface area contributed by atoms with Crippen molar-refractivity contribution >= 4 is 11.5 Å². The number of nitrogens with zero attached hydrogens (tertiary/aromatic N) is 5. The van der Waals surface area contributed by atoms with Crippen molar-refractivity contribution in [2.75, 3.05) is 29.9 Å². The van der Waals surface area contributed by atoms with E-state index in [1.165, 1.54) is 6.07 Å². The molecule has 1 saturated heterocycles.